The van der Waals surface area contributed by atoms with Crippen LogP contribution in [0.4, 0.5) is 5.69 Å². The second-order valence-corrected chi connectivity index (χ2v) is 3.32. The third-order valence-corrected chi connectivity index (χ3v) is 2.28. The summed E-state index contributed by atoms with van der Waals surface area (Å²) in [5, 5.41) is 19.2. The summed E-state index contributed by atoms with van der Waals surface area (Å²) in [5.74, 6) is 0.336. The first kappa shape index (κ1) is 10.2. The van der Waals surface area contributed by atoms with Gasteiger partial charge in [-0.15, -0.1) is 0 Å². The van der Waals surface area contributed by atoms with E-state index in [1.54, 1.807) is 18.2 Å². The van der Waals surface area contributed by atoms with Gasteiger partial charge in [0.15, 0.2) is 11.8 Å². The van der Waals surface area contributed by atoms with Gasteiger partial charge in [-0.05, 0) is 12.1 Å². The number of hydrogen-bond donors (Lipinski definition) is 3. The van der Waals surface area contributed by atoms with E-state index in [0.29, 0.717) is 17.1 Å². The van der Waals surface area contributed by atoms with Gasteiger partial charge in [-0.2, -0.15) is 0 Å². The van der Waals surface area contributed by atoms with Crippen LogP contribution in [0.15, 0.2) is 30.3 Å². The maximum atomic E-state index is 9.59. The Hall–Kier alpha value is -2.30. The molecule has 0 saturated heterocycles. The molecule has 0 saturated carbocycles. The first-order chi connectivity index (χ1) is 7.63. The molecule has 0 aliphatic heterocycles. The predicted molar refractivity (Wildman–Crippen MR) is 60.1 cm³/mol. The molecule has 1 aromatic carbocycles. The number of hydrogen-bond acceptors (Lipinski definition) is 4. The third-order valence-electron chi connectivity index (χ3n) is 2.28. The van der Waals surface area contributed by atoms with Crippen molar-refractivity contribution in [3.8, 4) is 23.2 Å². The van der Waals surface area contributed by atoms with Crippen LogP contribution in [-0.2, 0) is 0 Å². The van der Waals surface area contributed by atoms with Gasteiger partial charge < -0.3 is 20.7 Å². The lowest BCUT2D eigenvalue weighted by Gasteiger charge is -2.12. The highest BCUT2D eigenvalue weighted by Crippen LogP contribution is 2.33. The molecule has 5 heteroatoms. The van der Waals surface area contributed by atoms with Crippen LogP contribution in [0.25, 0.3) is 5.69 Å². The van der Waals surface area contributed by atoms with Gasteiger partial charge in [0.1, 0.15) is 5.75 Å². The molecule has 1 heterocycles. The standard InChI is InChI=1S/C11H12N2O3/c1-16-9-6-7(12)2-3-8(9)13-10(14)4-5-11(13)15/h2-6,14-15H,12H2,1H3. The number of rotatable bonds is 2. The molecule has 0 aliphatic rings. The Bertz CT molecular complexity index is 500. The molecule has 16 heavy (non-hydrogen) atoms. The van der Waals surface area contributed by atoms with E-state index in [4.69, 9.17) is 10.5 Å². The highest BCUT2D eigenvalue weighted by molar-refractivity contribution is 5.58. The number of benzene rings is 1. The minimum atomic E-state index is -0.0689. The summed E-state index contributed by atoms with van der Waals surface area (Å²) < 4.78 is 6.40. The molecular weight excluding hydrogens is 208 g/mol. The number of nitrogens with zero attached hydrogens (tertiary/aromatic N) is 1. The Balaban J connectivity index is 2.64. The van der Waals surface area contributed by atoms with Gasteiger partial charge in [-0.25, -0.2) is 4.57 Å². The van der Waals surface area contributed by atoms with Crippen molar-refractivity contribution in [2.24, 2.45) is 0 Å². The van der Waals surface area contributed by atoms with Crippen molar-refractivity contribution in [1.29, 1.82) is 0 Å². The topological polar surface area (TPSA) is 80.6 Å². The molecule has 0 bridgehead atoms. The molecular formula is C11H12N2O3. The SMILES string of the molecule is COc1cc(N)ccc1-n1c(O)ccc1O. The average Bonchev–Trinajstić information content (AvgIpc) is 2.59. The van der Waals surface area contributed by atoms with Gasteiger partial charge in [-0.3, -0.25) is 0 Å². The molecule has 0 aliphatic carbocycles. The maximum Gasteiger partial charge on any atom is 0.198 e. The lowest BCUT2D eigenvalue weighted by atomic mass is 10.2. The van der Waals surface area contributed by atoms with Crippen molar-refractivity contribution < 1.29 is 14.9 Å². The highest BCUT2D eigenvalue weighted by Gasteiger charge is 2.12. The van der Waals surface area contributed by atoms with E-state index >= 15 is 0 Å². The first-order valence-corrected chi connectivity index (χ1v) is 4.67. The van der Waals surface area contributed by atoms with Crippen molar-refractivity contribution in [1.82, 2.24) is 4.57 Å². The first-order valence-electron chi connectivity index (χ1n) is 4.67. The molecule has 0 radical (unpaired) electrons. The molecule has 0 amide bonds. The second-order valence-electron chi connectivity index (χ2n) is 3.32. The maximum absolute atomic E-state index is 9.59. The molecule has 0 spiro atoms. The van der Waals surface area contributed by atoms with Gasteiger partial charge in [0.2, 0.25) is 0 Å². The Morgan fingerprint density at radius 2 is 1.75 bits per heavy atom. The van der Waals surface area contributed by atoms with Crippen molar-refractivity contribution in [2.45, 2.75) is 0 Å². The predicted octanol–water partition coefficient (Wildman–Crippen LogP) is 1.48. The second kappa shape index (κ2) is 3.69. The van der Waals surface area contributed by atoms with E-state index in [-0.39, 0.29) is 11.8 Å². The Morgan fingerprint density at radius 3 is 2.31 bits per heavy atom. The molecule has 2 aromatic rings. The van der Waals surface area contributed by atoms with Gasteiger partial charge in [0.25, 0.3) is 0 Å². The Kier molecular flexibility index (Phi) is 2.36. The molecule has 84 valence electrons. The Morgan fingerprint density at radius 1 is 1.12 bits per heavy atom. The van der Waals surface area contributed by atoms with Crippen molar-refractivity contribution in [2.75, 3.05) is 12.8 Å². The minimum Gasteiger partial charge on any atom is -0.494 e. The van der Waals surface area contributed by atoms with Crippen LogP contribution < -0.4 is 10.5 Å². The van der Waals surface area contributed by atoms with Gasteiger partial charge in [0, 0.05) is 23.9 Å². The van der Waals surface area contributed by atoms with E-state index in [2.05, 4.69) is 0 Å². The third kappa shape index (κ3) is 1.52. The summed E-state index contributed by atoms with van der Waals surface area (Å²) in [4.78, 5) is 0. The zero-order valence-corrected chi connectivity index (χ0v) is 8.71. The molecule has 2 rings (SSSR count). The van der Waals surface area contributed by atoms with E-state index < -0.39 is 0 Å². The van der Waals surface area contributed by atoms with Gasteiger partial charge in [-0.1, -0.05) is 0 Å². The van der Waals surface area contributed by atoms with Gasteiger partial charge in [0.05, 0.1) is 12.8 Å². The smallest absolute Gasteiger partial charge is 0.198 e. The number of methoxy groups -OCH3 is 1. The molecule has 0 unspecified atom stereocenters. The number of ether oxygens (including phenoxy) is 1. The van der Waals surface area contributed by atoms with Crippen LogP contribution >= 0.6 is 0 Å². The van der Waals surface area contributed by atoms with Crippen LogP contribution in [0.3, 0.4) is 0 Å². The van der Waals surface area contributed by atoms with E-state index in [0.717, 1.165) is 0 Å². The van der Waals surface area contributed by atoms with Crippen molar-refractivity contribution in [3.63, 3.8) is 0 Å². The monoisotopic (exact) mass is 220 g/mol. The van der Waals surface area contributed by atoms with Crippen LogP contribution in [0, 0.1) is 0 Å². The quantitative estimate of drug-likeness (QED) is 0.669. The summed E-state index contributed by atoms with van der Waals surface area (Å²) in [6.45, 7) is 0. The van der Waals surface area contributed by atoms with Crippen LogP contribution in [-0.4, -0.2) is 21.9 Å². The molecule has 0 fully saturated rings. The molecule has 1 aromatic heterocycles. The lowest BCUT2D eigenvalue weighted by molar-refractivity contribution is 0.387. The summed E-state index contributed by atoms with van der Waals surface area (Å²) >= 11 is 0. The zero-order chi connectivity index (χ0) is 11.7. The number of anilines is 1. The van der Waals surface area contributed by atoms with Gasteiger partial charge >= 0.3 is 0 Å². The lowest BCUT2D eigenvalue weighted by Crippen LogP contribution is -1.98. The number of nitrogen functional groups attached to an aromatic ring is 1. The number of aromatic hydroxyl groups is 2. The fourth-order valence-electron chi connectivity index (χ4n) is 1.54. The number of aromatic nitrogens is 1. The molecule has 4 N–H and O–H groups in total. The highest BCUT2D eigenvalue weighted by atomic mass is 16.5. The summed E-state index contributed by atoms with van der Waals surface area (Å²) in [6.07, 6.45) is 0. The van der Waals surface area contributed by atoms with Crippen LogP contribution in [0.5, 0.6) is 17.5 Å². The summed E-state index contributed by atoms with van der Waals surface area (Å²) in [7, 11) is 1.50. The van der Waals surface area contributed by atoms with Crippen LogP contribution in [0.2, 0.25) is 0 Å². The van der Waals surface area contributed by atoms with Crippen molar-refractivity contribution in [3.05, 3.63) is 30.3 Å². The fraction of sp³-hybridized carbons (Fsp3) is 0.0909. The molecule has 0 atom stereocenters. The molecule has 5 nitrogen and oxygen atoms in total. The fourth-order valence-corrected chi connectivity index (χ4v) is 1.54. The normalized spacial score (nSPS) is 10.3. The zero-order valence-electron chi connectivity index (χ0n) is 8.71. The largest absolute Gasteiger partial charge is 0.494 e. The van der Waals surface area contributed by atoms with Crippen molar-refractivity contribution >= 4 is 5.69 Å². The summed E-state index contributed by atoms with van der Waals surface area (Å²) in [5.41, 5.74) is 6.69. The van der Waals surface area contributed by atoms with Crippen LogP contribution in [0.1, 0.15) is 0 Å². The number of nitrogens with two attached hydrogens (primary N) is 1. The van der Waals surface area contributed by atoms with E-state index in [1.165, 1.54) is 23.8 Å². The minimum absolute atomic E-state index is 0.0689. The summed E-state index contributed by atoms with van der Waals surface area (Å²) in [6, 6.07) is 7.73. The van der Waals surface area contributed by atoms with E-state index in [1.807, 2.05) is 0 Å². The average molecular weight is 220 g/mol. The Labute approximate surface area is 92.3 Å². The van der Waals surface area contributed by atoms with E-state index in [9.17, 15) is 10.2 Å².